The Morgan fingerprint density at radius 3 is 1.21 bits per heavy atom. The highest BCUT2D eigenvalue weighted by molar-refractivity contribution is 6.75. The number of ketones is 2. The van der Waals surface area contributed by atoms with E-state index in [9.17, 15) is 9.59 Å². The molecule has 2 rings (SSSR count). The first-order valence-corrected chi connectivity index (χ1v) is 15.9. The lowest BCUT2D eigenvalue weighted by atomic mass is 10.1. The Morgan fingerprint density at radius 1 is 0.690 bits per heavy atom. The van der Waals surface area contributed by atoms with Crippen molar-refractivity contribution < 1.29 is 27.9 Å². The van der Waals surface area contributed by atoms with Gasteiger partial charge >= 0.3 is 0 Å². The van der Waals surface area contributed by atoms with Gasteiger partial charge in [0.2, 0.25) is 28.8 Å². The molecule has 8 heteroatoms. The topological polar surface area (TPSA) is 71.1 Å². The molecule has 0 unspecified atom stereocenters. The van der Waals surface area contributed by atoms with Crippen LogP contribution in [0.15, 0.2) is 23.0 Å². The first kappa shape index (κ1) is 23.7. The van der Waals surface area contributed by atoms with Crippen LogP contribution in [0.2, 0.25) is 36.3 Å². The number of allylic oxidation sites excluding steroid dienone is 2. The Morgan fingerprint density at radius 2 is 0.966 bits per heavy atom. The van der Waals surface area contributed by atoms with E-state index in [1.54, 1.807) is 13.8 Å². The Kier molecular flexibility index (Phi) is 5.51. The number of rotatable bonds is 4. The fourth-order valence-corrected chi connectivity index (χ4v) is 4.32. The summed E-state index contributed by atoms with van der Waals surface area (Å²) in [5.74, 6) is -2.24. The third-order valence-electron chi connectivity index (χ3n) is 6.26. The molecule has 0 atom stereocenters. The second kappa shape index (κ2) is 6.73. The van der Waals surface area contributed by atoms with E-state index in [0.717, 1.165) is 0 Å². The molecule has 0 radical (unpaired) electrons. The van der Waals surface area contributed by atoms with Crippen LogP contribution in [0.3, 0.4) is 0 Å². The van der Waals surface area contributed by atoms with Crippen molar-refractivity contribution >= 4 is 28.2 Å². The second-order valence-corrected chi connectivity index (χ2v) is 20.8. The third kappa shape index (κ3) is 4.33. The highest BCUT2D eigenvalue weighted by Gasteiger charge is 2.53. The molecule has 0 N–H and O–H groups in total. The number of hydrogen-bond donors (Lipinski definition) is 0. The summed E-state index contributed by atoms with van der Waals surface area (Å²) in [6.07, 6.45) is 0. The van der Waals surface area contributed by atoms with Crippen LogP contribution in [0, 0.1) is 0 Å². The molecule has 0 aromatic carbocycles. The van der Waals surface area contributed by atoms with Gasteiger partial charge < -0.3 is 18.3 Å². The molecule has 1 fully saturated rings. The van der Waals surface area contributed by atoms with Gasteiger partial charge in [-0.3, -0.25) is 9.59 Å². The Hall–Kier alpha value is -1.55. The standard InChI is InChI=1S/C21H36O6Si2/c1-19(2,3)28(9,10)26-15-13(22)14(23)16(27-29(11,12)20(4,5)6)18-17(15)24-21(7,8)25-18/h1-12H3. The SMILES string of the molecule is CC1(C)OC2=C(O[Si](C)(C)C(C)(C)C)C(=O)C(=O)C(O[Si](C)(C)C(C)(C)C)=C2O1. The van der Waals surface area contributed by atoms with Crippen LogP contribution in [-0.4, -0.2) is 34.0 Å². The van der Waals surface area contributed by atoms with Crippen LogP contribution in [0.1, 0.15) is 55.4 Å². The van der Waals surface area contributed by atoms with Crippen molar-refractivity contribution in [1.29, 1.82) is 0 Å². The normalized spacial score (nSPS) is 20.4. The van der Waals surface area contributed by atoms with Crippen LogP contribution in [0.4, 0.5) is 0 Å². The molecule has 29 heavy (non-hydrogen) atoms. The maximum Gasteiger partial charge on any atom is 0.274 e. The molecule has 0 saturated carbocycles. The van der Waals surface area contributed by atoms with E-state index in [1.807, 2.05) is 26.2 Å². The molecule has 1 aliphatic carbocycles. The third-order valence-corrected chi connectivity index (χ3v) is 14.9. The van der Waals surface area contributed by atoms with Gasteiger partial charge in [0, 0.05) is 13.8 Å². The minimum Gasteiger partial charge on any atom is -0.538 e. The zero-order chi connectivity index (χ0) is 22.8. The van der Waals surface area contributed by atoms with Gasteiger partial charge in [-0.05, 0) is 36.3 Å². The summed E-state index contributed by atoms with van der Waals surface area (Å²) in [5.41, 5.74) is 0. The van der Waals surface area contributed by atoms with Crippen molar-refractivity contribution in [3.05, 3.63) is 23.0 Å². The van der Waals surface area contributed by atoms with Crippen LogP contribution >= 0.6 is 0 Å². The number of Topliss-reactive ketones (excluding diaryl/α,β-unsaturated/α-hetero) is 2. The minimum absolute atomic E-state index is 0.0512. The van der Waals surface area contributed by atoms with E-state index in [-0.39, 0.29) is 33.1 Å². The van der Waals surface area contributed by atoms with Crippen LogP contribution < -0.4 is 0 Å². The van der Waals surface area contributed by atoms with Crippen molar-refractivity contribution in [3.63, 3.8) is 0 Å². The predicted molar refractivity (Wildman–Crippen MR) is 117 cm³/mol. The molecule has 0 spiro atoms. The minimum atomic E-state index is -2.39. The van der Waals surface area contributed by atoms with Crippen LogP contribution in [0.5, 0.6) is 0 Å². The van der Waals surface area contributed by atoms with Crippen LogP contribution in [0.25, 0.3) is 0 Å². The highest BCUT2D eigenvalue weighted by Crippen LogP contribution is 2.46. The maximum absolute atomic E-state index is 13.1. The molecule has 0 aromatic heterocycles. The molecule has 1 aliphatic heterocycles. The Balaban J connectivity index is 2.64. The summed E-state index contributed by atoms with van der Waals surface area (Å²) in [6, 6.07) is 0. The zero-order valence-electron chi connectivity index (χ0n) is 19.9. The molecule has 1 heterocycles. The van der Waals surface area contributed by atoms with Gasteiger partial charge in [0.25, 0.3) is 28.2 Å². The van der Waals surface area contributed by atoms with Gasteiger partial charge in [0.05, 0.1) is 0 Å². The summed E-state index contributed by atoms with van der Waals surface area (Å²) in [6.45, 7) is 23.9. The highest BCUT2D eigenvalue weighted by atomic mass is 28.4. The molecule has 0 bridgehead atoms. The van der Waals surface area contributed by atoms with Crippen molar-refractivity contribution in [1.82, 2.24) is 0 Å². The average Bonchev–Trinajstić information content (AvgIpc) is 2.81. The van der Waals surface area contributed by atoms with Crippen molar-refractivity contribution in [2.45, 2.75) is 97.4 Å². The lowest BCUT2D eigenvalue weighted by Gasteiger charge is -2.39. The van der Waals surface area contributed by atoms with E-state index in [0.29, 0.717) is 0 Å². The predicted octanol–water partition coefficient (Wildman–Crippen LogP) is 5.39. The monoisotopic (exact) mass is 440 g/mol. The van der Waals surface area contributed by atoms with E-state index in [1.165, 1.54) is 0 Å². The largest absolute Gasteiger partial charge is 0.538 e. The number of fused-ring (bicyclic) bond motifs is 1. The lowest BCUT2D eigenvalue weighted by Crippen LogP contribution is -2.45. The Bertz CT molecular complexity index is 738. The van der Waals surface area contributed by atoms with E-state index in [4.69, 9.17) is 18.3 Å². The van der Waals surface area contributed by atoms with Gasteiger partial charge in [-0.1, -0.05) is 41.5 Å². The molecule has 0 aromatic rings. The van der Waals surface area contributed by atoms with Crippen molar-refractivity contribution in [3.8, 4) is 0 Å². The molecule has 2 aliphatic rings. The summed E-state index contributed by atoms with van der Waals surface area (Å²) < 4.78 is 24.4. The first-order chi connectivity index (χ1) is 12.7. The van der Waals surface area contributed by atoms with E-state index >= 15 is 0 Å². The number of carbonyl (C=O) groups is 2. The molecular weight excluding hydrogens is 404 g/mol. The first-order valence-electron chi connectivity index (χ1n) is 10.0. The smallest absolute Gasteiger partial charge is 0.274 e. The van der Waals surface area contributed by atoms with Gasteiger partial charge in [0.1, 0.15) is 0 Å². The zero-order valence-corrected chi connectivity index (χ0v) is 21.9. The fraction of sp³-hybridized carbons (Fsp3) is 0.714. The summed E-state index contributed by atoms with van der Waals surface area (Å²) in [5, 5.41) is -0.304. The molecule has 1 saturated heterocycles. The summed E-state index contributed by atoms with van der Waals surface area (Å²) >= 11 is 0. The number of ether oxygens (including phenoxy) is 2. The molecular formula is C21H36O6Si2. The Labute approximate surface area is 176 Å². The number of carbonyl (C=O) groups excluding carboxylic acids is 2. The summed E-state index contributed by atoms with van der Waals surface area (Å²) in [4.78, 5) is 26.2. The van der Waals surface area contributed by atoms with Crippen molar-refractivity contribution in [2.75, 3.05) is 0 Å². The van der Waals surface area contributed by atoms with Crippen LogP contribution in [-0.2, 0) is 27.9 Å². The average molecular weight is 441 g/mol. The molecule has 164 valence electrons. The fourth-order valence-electron chi connectivity index (χ4n) is 2.32. The molecule has 6 nitrogen and oxygen atoms in total. The molecule has 0 amide bonds. The van der Waals surface area contributed by atoms with Gasteiger partial charge in [-0.25, -0.2) is 0 Å². The second-order valence-electron chi connectivity index (χ2n) is 11.3. The number of hydrogen-bond acceptors (Lipinski definition) is 6. The van der Waals surface area contributed by atoms with E-state index < -0.39 is 34.0 Å². The summed E-state index contributed by atoms with van der Waals surface area (Å²) in [7, 11) is -4.78. The maximum atomic E-state index is 13.1. The van der Waals surface area contributed by atoms with Crippen molar-refractivity contribution in [2.24, 2.45) is 0 Å². The van der Waals surface area contributed by atoms with E-state index in [2.05, 4.69) is 41.5 Å². The lowest BCUT2D eigenvalue weighted by molar-refractivity contribution is -0.135. The van der Waals surface area contributed by atoms with Gasteiger partial charge in [-0.2, -0.15) is 0 Å². The van der Waals surface area contributed by atoms with Gasteiger partial charge in [-0.15, -0.1) is 0 Å². The quantitative estimate of drug-likeness (QED) is 0.332. The van der Waals surface area contributed by atoms with Gasteiger partial charge in [0.15, 0.2) is 0 Å².